The van der Waals surface area contributed by atoms with Crippen LogP contribution in [0.5, 0.6) is 0 Å². The van der Waals surface area contributed by atoms with Crippen LogP contribution in [0.25, 0.3) is 55.6 Å². The third kappa shape index (κ3) is 6.73. The van der Waals surface area contributed by atoms with Crippen molar-refractivity contribution in [2.24, 2.45) is 0 Å². The van der Waals surface area contributed by atoms with Gasteiger partial charge in [-0.2, -0.15) is 0 Å². The first-order chi connectivity index (χ1) is 20.4. The summed E-state index contributed by atoms with van der Waals surface area (Å²) in [5.41, 5.74) is 7.45. The van der Waals surface area contributed by atoms with Gasteiger partial charge in [0.05, 0.1) is 13.7 Å². The van der Waals surface area contributed by atoms with Crippen molar-refractivity contribution < 1.29 is 28.9 Å². The van der Waals surface area contributed by atoms with Crippen LogP contribution in [0, 0.1) is 17.9 Å². The van der Waals surface area contributed by atoms with Crippen LogP contribution in [0.15, 0.2) is 126 Å². The molecule has 0 atom stereocenters. The minimum atomic E-state index is -1.30. The molecular weight excluding hydrogens is 728 g/mol. The van der Waals surface area contributed by atoms with Gasteiger partial charge in [-0.25, -0.2) is 0 Å². The molecule has 0 spiro atoms. The van der Waals surface area contributed by atoms with E-state index in [1.807, 2.05) is 73.1 Å². The predicted molar refractivity (Wildman–Crippen MR) is 173 cm³/mol. The van der Waals surface area contributed by atoms with Crippen LogP contribution in [-0.4, -0.2) is 18.0 Å². The zero-order chi connectivity index (χ0) is 29.1. The summed E-state index contributed by atoms with van der Waals surface area (Å²) in [6.07, 6.45) is 3.77. The molecule has 215 valence electrons. The second-order valence-corrected chi connectivity index (χ2v) is 16.2. The first-order valence-electron chi connectivity index (χ1n) is 13.8. The quantitative estimate of drug-likeness (QED) is 0.133. The van der Waals surface area contributed by atoms with Gasteiger partial charge in [0, 0.05) is 43.7 Å². The van der Waals surface area contributed by atoms with E-state index in [9.17, 15) is 4.39 Å². The number of aromatic nitrogens is 2. The minimum absolute atomic E-state index is 0. The largest absolute Gasteiger partial charge is 0.501 e. The van der Waals surface area contributed by atoms with Crippen molar-refractivity contribution in [3.63, 3.8) is 0 Å². The van der Waals surface area contributed by atoms with Crippen molar-refractivity contribution in [1.82, 2.24) is 9.97 Å². The molecule has 0 bridgehead atoms. The van der Waals surface area contributed by atoms with Crippen LogP contribution >= 0.6 is 0 Å². The number of hydrogen-bond donors (Lipinski definition) is 0. The van der Waals surface area contributed by atoms with Crippen LogP contribution in [0.2, 0.25) is 19.6 Å². The molecule has 0 saturated carbocycles. The Kier molecular flexibility index (Phi) is 9.12. The van der Waals surface area contributed by atoms with Gasteiger partial charge in [0.25, 0.3) is 0 Å². The van der Waals surface area contributed by atoms with Gasteiger partial charge in [0.15, 0.2) is 0 Å². The van der Waals surface area contributed by atoms with Crippen molar-refractivity contribution >= 4 is 35.2 Å². The molecule has 3 nitrogen and oxygen atoms in total. The fraction of sp³-hybridized carbons (Fsp3) is 0.0811. The van der Waals surface area contributed by atoms with Crippen molar-refractivity contribution in [3.05, 3.63) is 140 Å². The Morgan fingerprint density at radius 1 is 0.721 bits per heavy atom. The SMILES string of the molecule is C[Si](C)(C)c1ccc(-c2[c-]cc(F)cc2)nc1.[Ir].[c-]1ccc2c(oc3ccccc32)c1-c1cc(-c2ccccc2)ccn1. The molecule has 0 fully saturated rings. The fourth-order valence-corrected chi connectivity index (χ4v) is 5.86. The molecule has 0 aliphatic carbocycles. The molecule has 3 aromatic heterocycles. The smallest absolute Gasteiger partial charge is 0.120 e. The van der Waals surface area contributed by atoms with Gasteiger partial charge in [-0.3, -0.25) is 4.39 Å². The third-order valence-electron chi connectivity index (χ3n) is 7.14. The number of benzene rings is 4. The number of furan rings is 1. The Labute approximate surface area is 265 Å². The zero-order valence-electron chi connectivity index (χ0n) is 24.1. The van der Waals surface area contributed by atoms with E-state index in [0.717, 1.165) is 50.0 Å². The van der Waals surface area contributed by atoms with E-state index in [-0.39, 0.29) is 25.9 Å². The predicted octanol–water partition coefficient (Wildman–Crippen LogP) is 9.35. The summed E-state index contributed by atoms with van der Waals surface area (Å²) in [6, 6.07) is 41.3. The molecule has 0 amide bonds. The minimum Gasteiger partial charge on any atom is -0.501 e. The maximum Gasteiger partial charge on any atom is 0.120 e. The molecular formula is C37H29FIrN2OSi-2. The molecule has 1 radical (unpaired) electrons. The van der Waals surface area contributed by atoms with Crippen LogP contribution < -0.4 is 5.19 Å². The summed E-state index contributed by atoms with van der Waals surface area (Å²) in [5, 5.41) is 3.53. The number of hydrogen-bond acceptors (Lipinski definition) is 3. The van der Waals surface area contributed by atoms with Crippen LogP contribution in [0.3, 0.4) is 0 Å². The Morgan fingerprint density at radius 3 is 2.23 bits per heavy atom. The molecule has 7 aromatic rings. The molecule has 0 unspecified atom stereocenters. The molecule has 4 aromatic carbocycles. The third-order valence-corrected chi connectivity index (χ3v) is 9.17. The van der Waals surface area contributed by atoms with Gasteiger partial charge in [0.2, 0.25) is 0 Å². The number of halogens is 1. The summed E-state index contributed by atoms with van der Waals surface area (Å²) in [6.45, 7) is 6.86. The van der Waals surface area contributed by atoms with Gasteiger partial charge in [-0.15, -0.1) is 48.0 Å². The van der Waals surface area contributed by atoms with Crippen molar-refractivity contribution in [1.29, 1.82) is 0 Å². The van der Waals surface area contributed by atoms with Gasteiger partial charge < -0.3 is 14.4 Å². The molecule has 7 rings (SSSR count). The summed E-state index contributed by atoms with van der Waals surface area (Å²) in [4.78, 5) is 8.99. The molecule has 6 heteroatoms. The normalized spacial score (nSPS) is 11.1. The number of rotatable bonds is 4. The maximum atomic E-state index is 12.8. The second-order valence-electron chi connectivity index (χ2n) is 11.1. The summed E-state index contributed by atoms with van der Waals surface area (Å²) >= 11 is 0. The van der Waals surface area contributed by atoms with E-state index in [4.69, 9.17) is 4.42 Å². The zero-order valence-corrected chi connectivity index (χ0v) is 27.5. The van der Waals surface area contributed by atoms with Crippen LogP contribution in [-0.2, 0) is 20.1 Å². The number of fused-ring (bicyclic) bond motifs is 3. The number of para-hydroxylation sites is 1. The molecule has 0 aliphatic heterocycles. The van der Waals surface area contributed by atoms with E-state index < -0.39 is 8.07 Å². The standard InChI is InChI=1S/C23H14NO.C14H15FNSi.Ir/c1-2-7-16(8-3-1)17-13-14-24-21(15-17)20-11-6-10-19-18-9-4-5-12-22(18)25-23(19)20;1-17(2,3)13-8-9-14(16-10-13)11-4-6-12(15)7-5-11;/h1-10,12-15H;4,6-10H,1-3H3;/q2*-1;. The van der Waals surface area contributed by atoms with Crippen molar-refractivity contribution in [2.45, 2.75) is 19.6 Å². The Bertz CT molecular complexity index is 1970. The van der Waals surface area contributed by atoms with Crippen LogP contribution in [0.1, 0.15) is 0 Å². The average Bonchev–Trinajstić information content (AvgIpc) is 3.41. The van der Waals surface area contributed by atoms with E-state index in [2.05, 4.69) is 72.1 Å². The average molecular weight is 757 g/mol. The second kappa shape index (κ2) is 13.0. The monoisotopic (exact) mass is 757 g/mol. The van der Waals surface area contributed by atoms with Gasteiger partial charge in [0.1, 0.15) is 5.58 Å². The van der Waals surface area contributed by atoms with E-state index in [1.165, 1.54) is 22.9 Å². The summed E-state index contributed by atoms with van der Waals surface area (Å²) in [7, 11) is -1.30. The fourth-order valence-electron chi connectivity index (χ4n) is 4.82. The maximum absolute atomic E-state index is 12.8. The number of nitrogens with zero attached hydrogens (tertiary/aromatic N) is 2. The van der Waals surface area contributed by atoms with Gasteiger partial charge in [-0.1, -0.05) is 97.3 Å². The van der Waals surface area contributed by atoms with Gasteiger partial charge >= 0.3 is 0 Å². The van der Waals surface area contributed by atoms with Crippen LogP contribution in [0.4, 0.5) is 4.39 Å². The first kappa shape index (κ1) is 30.2. The number of pyridine rings is 2. The molecule has 0 saturated heterocycles. The molecule has 3 heterocycles. The Morgan fingerprint density at radius 2 is 1.51 bits per heavy atom. The molecule has 0 aliphatic rings. The Hall–Kier alpha value is -4.22. The van der Waals surface area contributed by atoms with Gasteiger partial charge in [-0.05, 0) is 39.8 Å². The summed E-state index contributed by atoms with van der Waals surface area (Å²) < 4.78 is 18.9. The topological polar surface area (TPSA) is 38.9 Å². The van der Waals surface area contributed by atoms with Crippen molar-refractivity contribution in [2.75, 3.05) is 0 Å². The Balaban J connectivity index is 0.000000180. The molecule has 43 heavy (non-hydrogen) atoms. The molecule has 0 N–H and O–H groups in total. The van der Waals surface area contributed by atoms with E-state index in [0.29, 0.717) is 0 Å². The summed E-state index contributed by atoms with van der Waals surface area (Å²) in [5.74, 6) is -0.271. The van der Waals surface area contributed by atoms with E-state index in [1.54, 1.807) is 6.07 Å². The van der Waals surface area contributed by atoms with E-state index >= 15 is 0 Å². The first-order valence-corrected chi connectivity index (χ1v) is 17.3. The van der Waals surface area contributed by atoms with Crippen molar-refractivity contribution in [3.8, 4) is 33.6 Å².